The van der Waals surface area contributed by atoms with Crippen molar-refractivity contribution in [2.75, 3.05) is 13.7 Å². The number of carbonyl (C=O) groups is 1. The lowest BCUT2D eigenvalue weighted by atomic mass is 9.79. The molecule has 182 valence electrons. The number of nitrogens with zero attached hydrogens (tertiary/aromatic N) is 1. The van der Waals surface area contributed by atoms with Crippen molar-refractivity contribution in [2.24, 2.45) is 0 Å². The van der Waals surface area contributed by atoms with E-state index in [1.54, 1.807) is 0 Å². The Hall–Kier alpha value is -3.28. The van der Waals surface area contributed by atoms with Gasteiger partial charge in [-0.1, -0.05) is 36.3 Å². The van der Waals surface area contributed by atoms with Crippen LogP contribution in [0.5, 0.6) is 0 Å². The molecule has 2 N–H and O–H groups in total. The van der Waals surface area contributed by atoms with Crippen molar-refractivity contribution in [1.29, 1.82) is 0 Å². The van der Waals surface area contributed by atoms with Gasteiger partial charge in [0.05, 0.1) is 25.3 Å². The molecule has 2 aliphatic heterocycles. The fraction of sp³-hybridized carbons (Fsp3) is 0.370. The minimum Gasteiger partial charge on any atom is -0.468 e. The highest BCUT2D eigenvalue weighted by molar-refractivity contribution is 5.87. The van der Waals surface area contributed by atoms with Gasteiger partial charge < -0.3 is 15.0 Å². The van der Waals surface area contributed by atoms with Crippen LogP contribution in [0.4, 0.5) is 13.2 Å². The number of hydrogen-bond donors (Lipinski definition) is 2. The number of alkyl halides is 3. The van der Waals surface area contributed by atoms with E-state index < -0.39 is 17.8 Å². The zero-order chi connectivity index (χ0) is 24.7. The van der Waals surface area contributed by atoms with E-state index in [4.69, 9.17) is 11.2 Å². The number of methoxy groups -OCH3 is 1. The largest absolute Gasteiger partial charge is 0.468 e. The number of ether oxygens (including phenoxy) is 1. The number of terminal acetylenes is 1. The maximum Gasteiger partial charge on any atom is 0.416 e. The molecule has 4 atom stereocenters. The van der Waals surface area contributed by atoms with Crippen molar-refractivity contribution < 1.29 is 22.7 Å². The van der Waals surface area contributed by atoms with Crippen LogP contribution in [0.2, 0.25) is 0 Å². The van der Waals surface area contributed by atoms with Crippen LogP contribution in [0, 0.1) is 12.3 Å². The van der Waals surface area contributed by atoms with Gasteiger partial charge in [0.25, 0.3) is 0 Å². The van der Waals surface area contributed by atoms with Gasteiger partial charge in [-0.3, -0.25) is 9.69 Å². The standard InChI is InChI=1S/C27H26F3N3O2/c1-3-12-31-18-13-22(16-8-10-17(11-9-16)27(28,29)30)33-23(14-18)25-20(15-24(33)26(34)35-2)19-6-4-5-7-21(19)32-25/h1,4-11,18,22-24,31-32H,12-15H2,2H3. The highest BCUT2D eigenvalue weighted by atomic mass is 19.4. The fourth-order valence-corrected chi connectivity index (χ4v) is 5.73. The van der Waals surface area contributed by atoms with Crippen molar-refractivity contribution in [3.05, 3.63) is 70.9 Å². The molecule has 5 rings (SSSR count). The Morgan fingerprint density at radius 3 is 2.57 bits per heavy atom. The number of H-pyrrole nitrogens is 1. The summed E-state index contributed by atoms with van der Waals surface area (Å²) in [6.45, 7) is 0.386. The van der Waals surface area contributed by atoms with Gasteiger partial charge in [-0.25, -0.2) is 0 Å². The Morgan fingerprint density at radius 2 is 1.89 bits per heavy atom. The van der Waals surface area contributed by atoms with Crippen LogP contribution in [0.3, 0.4) is 0 Å². The van der Waals surface area contributed by atoms with Gasteiger partial charge in [-0.15, -0.1) is 6.42 Å². The first-order valence-corrected chi connectivity index (χ1v) is 11.6. The van der Waals surface area contributed by atoms with Crippen molar-refractivity contribution in [1.82, 2.24) is 15.2 Å². The molecule has 3 aromatic rings. The van der Waals surface area contributed by atoms with E-state index in [0.29, 0.717) is 25.8 Å². The summed E-state index contributed by atoms with van der Waals surface area (Å²) in [6, 6.07) is 12.2. The van der Waals surface area contributed by atoms with Gasteiger partial charge in [-0.05, 0) is 42.2 Å². The van der Waals surface area contributed by atoms with Crippen LogP contribution < -0.4 is 5.32 Å². The summed E-state index contributed by atoms with van der Waals surface area (Å²) in [6.07, 6.45) is 2.84. The van der Waals surface area contributed by atoms with Gasteiger partial charge in [0, 0.05) is 35.1 Å². The van der Waals surface area contributed by atoms with E-state index in [1.165, 1.54) is 19.2 Å². The van der Waals surface area contributed by atoms with Gasteiger partial charge in [0.15, 0.2) is 0 Å². The summed E-state index contributed by atoms with van der Waals surface area (Å²) < 4.78 is 44.8. The third-order valence-corrected chi connectivity index (χ3v) is 7.26. The maximum absolute atomic E-state index is 13.2. The van der Waals surface area contributed by atoms with Gasteiger partial charge in [0.1, 0.15) is 6.04 Å². The first kappa shape index (κ1) is 23.5. The van der Waals surface area contributed by atoms with E-state index in [9.17, 15) is 18.0 Å². The Bertz CT molecular complexity index is 1280. The molecule has 0 bridgehead atoms. The first-order chi connectivity index (χ1) is 16.8. The molecular formula is C27H26F3N3O2. The van der Waals surface area contributed by atoms with Crippen LogP contribution in [0.25, 0.3) is 10.9 Å². The smallest absolute Gasteiger partial charge is 0.416 e. The summed E-state index contributed by atoms with van der Waals surface area (Å²) in [5, 5.41) is 4.46. The number of rotatable bonds is 4. The number of hydrogen-bond acceptors (Lipinski definition) is 4. The molecule has 35 heavy (non-hydrogen) atoms. The summed E-state index contributed by atoms with van der Waals surface area (Å²) in [4.78, 5) is 18.7. The third-order valence-electron chi connectivity index (χ3n) is 7.26. The highest BCUT2D eigenvalue weighted by Crippen LogP contribution is 2.49. The van der Waals surface area contributed by atoms with Crippen LogP contribution in [0.1, 0.15) is 47.3 Å². The van der Waals surface area contributed by atoms with Crippen LogP contribution in [-0.2, 0) is 22.1 Å². The monoisotopic (exact) mass is 481 g/mol. The number of nitrogens with one attached hydrogen (secondary N) is 2. The second-order valence-corrected chi connectivity index (χ2v) is 9.16. The highest BCUT2D eigenvalue weighted by Gasteiger charge is 2.48. The van der Waals surface area contributed by atoms with Crippen molar-refractivity contribution >= 4 is 16.9 Å². The number of benzene rings is 2. The molecule has 8 heteroatoms. The summed E-state index contributed by atoms with van der Waals surface area (Å²) >= 11 is 0. The molecule has 1 aromatic heterocycles. The Balaban J connectivity index is 1.62. The van der Waals surface area contributed by atoms with Crippen molar-refractivity contribution in [3.8, 4) is 12.3 Å². The molecule has 1 saturated heterocycles. The van der Waals surface area contributed by atoms with Crippen LogP contribution in [-0.4, -0.2) is 41.6 Å². The molecule has 3 heterocycles. The molecule has 0 aliphatic carbocycles. The zero-order valence-electron chi connectivity index (χ0n) is 19.2. The number of aromatic amines is 1. The van der Waals surface area contributed by atoms with E-state index >= 15 is 0 Å². The van der Waals surface area contributed by atoms with Crippen LogP contribution >= 0.6 is 0 Å². The summed E-state index contributed by atoms with van der Waals surface area (Å²) in [7, 11) is 1.37. The zero-order valence-corrected chi connectivity index (χ0v) is 19.2. The average Bonchev–Trinajstić information content (AvgIpc) is 3.24. The Labute approximate surface area is 201 Å². The fourth-order valence-electron chi connectivity index (χ4n) is 5.73. The number of para-hydroxylation sites is 1. The number of fused-ring (bicyclic) bond motifs is 5. The number of aromatic nitrogens is 1. The second kappa shape index (κ2) is 9.06. The summed E-state index contributed by atoms with van der Waals surface area (Å²) in [5.74, 6) is 2.26. The average molecular weight is 482 g/mol. The minimum absolute atomic E-state index is 0.0234. The van der Waals surface area contributed by atoms with E-state index in [2.05, 4.69) is 21.1 Å². The molecule has 1 fully saturated rings. The molecule has 4 unspecified atom stereocenters. The number of esters is 1. The lowest BCUT2D eigenvalue weighted by Gasteiger charge is -2.50. The summed E-state index contributed by atoms with van der Waals surface area (Å²) in [5.41, 5.74) is 3.14. The van der Waals surface area contributed by atoms with Crippen molar-refractivity contribution in [2.45, 2.75) is 49.6 Å². The third kappa shape index (κ3) is 4.19. The van der Waals surface area contributed by atoms with E-state index in [1.807, 2.05) is 24.3 Å². The Kier molecular flexibility index (Phi) is 6.07. The maximum atomic E-state index is 13.2. The number of carbonyl (C=O) groups excluding carboxylic acids is 1. The first-order valence-electron chi connectivity index (χ1n) is 11.6. The lowest BCUT2D eigenvalue weighted by Crippen LogP contribution is -2.55. The van der Waals surface area contributed by atoms with Gasteiger partial charge in [-0.2, -0.15) is 13.2 Å². The van der Waals surface area contributed by atoms with E-state index in [0.717, 1.165) is 39.9 Å². The van der Waals surface area contributed by atoms with E-state index in [-0.39, 0.29) is 24.1 Å². The molecule has 2 aliphatic rings. The normalized spacial score (nSPS) is 24.4. The molecule has 2 aromatic carbocycles. The quantitative estimate of drug-likeness (QED) is 0.417. The van der Waals surface area contributed by atoms with Crippen LogP contribution in [0.15, 0.2) is 48.5 Å². The SMILES string of the molecule is C#CCNC1CC(c2ccc(C(F)(F)F)cc2)N2C(C(=O)OC)Cc3c([nH]c4ccccc34)C2C1. The predicted octanol–water partition coefficient (Wildman–Crippen LogP) is 4.75. The molecular weight excluding hydrogens is 455 g/mol. The van der Waals surface area contributed by atoms with Gasteiger partial charge in [0.2, 0.25) is 0 Å². The Morgan fingerprint density at radius 1 is 1.17 bits per heavy atom. The molecule has 0 spiro atoms. The second-order valence-electron chi connectivity index (χ2n) is 9.16. The lowest BCUT2D eigenvalue weighted by molar-refractivity contribution is -0.152. The molecule has 5 nitrogen and oxygen atoms in total. The van der Waals surface area contributed by atoms with Crippen molar-refractivity contribution in [3.63, 3.8) is 0 Å². The topological polar surface area (TPSA) is 57.4 Å². The molecule has 0 radical (unpaired) electrons. The van der Waals surface area contributed by atoms with Gasteiger partial charge >= 0.3 is 12.1 Å². The molecule has 0 amide bonds. The minimum atomic E-state index is -4.41. The number of halogens is 3. The molecule has 0 saturated carbocycles. The predicted molar refractivity (Wildman–Crippen MR) is 126 cm³/mol. The number of piperidine rings is 1.